The maximum Gasteiger partial charge on any atom is 0.326 e. The largest absolute Gasteiger partial charge is 0.480 e. The molecule has 1 aromatic rings. The Morgan fingerprint density at radius 2 is 1.93 bits per heavy atom. The number of carboxylic acids is 1. The van der Waals surface area contributed by atoms with Crippen molar-refractivity contribution in [2.24, 2.45) is 22.2 Å². The third-order valence-electron chi connectivity index (χ3n) is 5.01. The van der Waals surface area contributed by atoms with Crippen LogP contribution in [0, 0.1) is 0 Å². The number of amides is 2. The number of nitrogens with one attached hydrogen (secondary N) is 1. The molecular formula is C20H30N6O4. The van der Waals surface area contributed by atoms with E-state index in [4.69, 9.17) is 17.2 Å². The molecular weight excluding hydrogens is 388 g/mol. The van der Waals surface area contributed by atoms with E-state index in [1.54, 1.807) is 0 Å². The van der Waals surface area contributed by atoms with Gasteiger partial charge in [-0.1, -0.05) is 30.3 Å². The van der Waals surface area contributed by atoms with Gasteiger partial charge in [-0.25, -0.2) is 4.79 Å². The van der Waals surface area contributed by atoms with Gasteiger partial charge in [-0.05, 0) is 37.7 Å². The second-order valence-electron chi connectivity index (χ2n) is 7.33. The van der Waals surface area contributed by atoms with Gasteiger partial charge in [-0.3, -0.25) is 14.6 Å². The summed E-state index contributed by atoms with van der Waals surface area (Å²) in [6.07, 6.45) is 2.06. The van der Waals surface area contributed by atoms with Crippen LogP contribution in [0.25, 0.3) is 0 Å². The molecule has 0 aromatic heterocycles. The Hall–Kier alpha value is -3.14. The molecule has 0 radical (unpaired) electrons. The van der Waals surface area contributed by atoms with Crippen molar-refractivity contribution in [1.29, 1.82) is 0 Å². The third kappa shape index (κ3) is 6.73. The van der Waals surface area contributed by atoms with Gasteiger partial charge in [0.1, 0.15) is 12.1 Å². The Balaban J connectivity index is 1.95. The van der Waals surface area contributed by atoms with Gasteiger partial charge in [0.05, 0.1) is 6.04 Å². The smallest absolute Gasteiger partial charge is 0.326 e. The quantitative estimate of drug-likeness (QED) is 0.187. The van der Waals surface area contributed by atoms with Crippen LogP contribution < -0.4 is 22.5 Å². The number of aliphatic carboxylic acids is 1. The fourth-order valence-electron chi connectivity index (χ4n) is 3.50. The molecule has 1 aliphatic rings. The first-order valence-corrected chi connectivity index (χ1v) is 9.98. The van der Waals surface area contributed by atoms with Crippen LogP contribution in [0.4, 0.5) is 0 Å². The lowest BCUT2D eigenvalue weighted by Crippen LogP contribution is -2.54. The minimum atomic E-state index is -1.15. The number of benzene rings is 1. The first-order chi connectivity index (χ1) is 14.3. The van der Waals surface area contributed by atoms with E-state index in [9.17, 15) is 19.5 Å². The number of hydrogen-bond acceptors (Lipinski definition) is 5. The minimum Gasteiger partial charge on any atom is -0.480 e. The average Bonchev–Trinajstić information content (AvgIpc) is 3.19. The summed E-state index contributed by atoms with van der Waals surface area (Å²) in [4.78, 5) is 42.3. The number of nitrogens with zero attached hydrogens (tertiary/aromatic N) is 2. The van der Waals surface area contributed by atoms with E-state index in [2.05, 4.69) is 10.3 Å². The molecule has 2 rings (SSSR count). The normalized spacial score (nSPS) is 17.8. The molecule has 8 N–H and O–H groups in total. The summed E-state index contributed by atoms with van der Waals surface area (Å²) in [6, 6.07) is 6.84. The van der Waals surface area contributed by atoms with Gasteiger partial charge in [0.15, 0.2) is 5.96 Å². The fourth-order valence-corrected chi connectivity index (χ4v) is 3.50. The predicted octanol–water partition coefficient (Wildman–Crippen LogP) is -0.830. The van der Waals surface area contributed by atoms with E-state index < -0.39 is 30.0 Å². The number of carbonyl (C=O) groups excluding carboxylic acids is 2. The zero-order valence-electron chi connectivity index (χ0n) is 16.9. The summed E-state index contributed by atoms with van der Waals surface area (Å²) in [6.45, 7) is 0.687. The van der Waals surface area contributed by atoms with Crippen LogP contribution >= 0.6 is 0 Å². The van der Waals surface area contributed by atoms with E-state index in [1.165, 1.54) is 4.90 Å². The lowest BCUT2D eigenvalue weighted by Gasteiger charge is -2.27. The van der Waals surface area contributed by atoms with Crippen molar-refractivity contribution in [1.82, 2.24) is 10.2 Å². The van der Waals surface area contributed by atoms with Crippen molar-refractivity contribution in [2.75, 3.05) is 13.1 Å². The van der Waals surface area contributed by atoms with Crippen LogP contribution in [-0.4, -0.2) is 65.0 Å². The van der Waals surface area contributed by atoms with E-state index >= 15 is 0 Å². The van der Waals surface area contributed by atoms with Crippen LogP contribution in [0.5, 0.6) is 0 Å². The molecule has 3 atom stereocenters. The van der Waals surface area contributed by atoms with Crippen LogP contribution in [-0.2, 0) is 20.8 Å². The monoisotopic (exact) mass is 418 g/mol. The van der Waals surface area contributed by atoms with Crippen LogP contribution in [0.2, 0.25) is 0 Å². The molecule has 10 nitrogen and oxygen atoms in total. The number of guanidine groups is 1. The summed E-state index contributed by atoms with van der Waals surface area (Å²) in [5.41, 5.74) is 17.5. The van der Waals surface area contributed by atoms with Crippen molar-refractivity contribution < 1.29 is 19.5 Å². The summed E-state index contributed by atoms with van der Waals surface area (Å²) in [5.74, 6) is -2.01. The Kier molecular flexibility index (Phi) is 8.60. The predicted molar refractivity (Wildman–Crippen MR) is 112 cm³/mol. The summed E-state index contributed by atoms with van der Waals surface area (Å²) in [7, 11) is 0. The van der Waals surface area contributed by atoms with Gasteiger partial charge in [0.25, 0.3) is 0 Å². The average molecular weight is 418 g/mol. The van der Waals surface area contributed by atoms with Gasteiger partial charge < -0.3 is 32.5 Å². The van der Waals surface area contributed by atoms with E-state index in [-0.39, 0.29) is 24.8 Å². The molecule has 1 fully saturated rings. The number of likely N-dealkylation sites (tertiary alicyclic amines) is 1. The summed E-state index contributed by atoms with van der Waals surface area (Å²) in [5, 5.41) is 11.9. The van der Waals surface area contributed by atoms with Crippen molar-refractivity contribution in [3.05, 3.63) is 35.9 Å². The summed E-state index contributed by atoms with van der Waals surface area (Å²) < 4.78 is 0. The molecule has 2 amide bonds. The molecule has 1 heterocycles. The van der Waals surface area contributed by atoms with E-state index in [0.29, 0.717) is 32.2 Å². The lowest BCUT2D eigenvalue weighted by molar-refractivity contribution is -0.144. The van der Waals surface area contributed by atoms with Gasteiger partial charge in [-0.2, -0.15) is 0 Å². The molecule has 0 saturated carbocycles. The molecule has 0 bridgehead atoms. The highest BCUT2D eigenvalue weighted by molar-refractivity contribution is 5.92. The van der Waals surface area contributed by atoms with Crippen molar-refractivity contribution in [2.45, 2.75) is 50.2 Å². The molecule has 1 aliphatic heterocycles. The maximum atomic E-state index is 12.8. The number of hydrogen-bond donors (Lipinski definition) is 5. The Morgan fingerprint density at radius 3 is 2.57 bits per heavy atom. The molecule has 0 spiro atoms. The number of nitrogens with two attached hydrogens (primary N) is 3. The van der Waals surface area contributed by atoms with Crippen molar-refractivity contribution >= 4 is 23.7 Å². The molecule has 0 aliphatic carbocycles. The van der Waals surface area contributed by atoms with Gasteiger partial charge in [0.2, 0.25) is 11.8 Å². The second-order valence-corrected chi connectivity index (χ2v) is 7.33. The Bertz CT molecular complexity index is 766. The molecule has 164 valence electrons. The second kappa shape index (κ2) is 11.1. The number of aliphatic imine (C=N–C) groups is 1. The topological polar surface area (TPSA) is 177 Å². The minimum absolute atomic E-state index is 0.0714. The van der Waals surface area contributed by atoms with Crippen LogP contribution in [0.15, 0.2) is 35.3 Å². The SMILES string of the molecule is NC(N)=NCCC[C@H](NC(=O)[C@H]1CCCN1C(=O)[C@H](N)Cc1ccccc1)C(=O)O. The van der Waals surface area contributed by atoms with Crippen molar-refractivity contribution in [3.8, 4) is 0 Å². The Labute approximate surface area is 175 Å². The number of carbonyl (C=O) groups is 3. The molecule has 1 aromatic carbocycles. The van der Waals surface area contributed by atoms with Crippen molar-refractivity contribution in [3.63, 3.8) is 0 Å². The van der Waals surface area contributed by atoms with E-state index in [0.717, 1.165) is 5.56 Å². The van der Waals surface area contributed by atoms with Gasteiger partial charge in [0, 0.05) is 13.1 Å². The van der Waals surface area contributed by atoms with Gasteiger partial charge in [-0.15, -0.1) is 0 Å². The highest BCUT2D eigenvalue weighted by Gasteiger charge is 2.37. The highest BCUT2D eigenvalue weighted by atomic mass is 16.4. The highest BCUT2D eigenvalue weighted by Crippen LogP contribution is 2.19. The van der Waals surface area contributed by atoms with E-state index in [1.807, 2.05) is 30.3 Å². The number of carboxylic acid groups (broad SMARTS) is 1. The Morgan fingerprint density at radius 1 is 1.23 bits per heavy atom. The zero-order valence-corrected chi connectivity index (χ0v) is 16.9. The van der Waals surface area contributed by atoms with Crippen LogP contribution in [0.3, 0.4) is 0 Å². The molecule has 10 heteroatoms. The molecule has 1 saturated heterocycles. The first-order valence-electron chi connectivity index (χ1n) is 9.98. The maximum absolute atomic E-state index is 12.8. The number of rotatable bonds is 10. The fraction of sp³-hybridized carbons (Fsp3) is 0.500. The van der Waals surface area contributed by atoms with Gasteiger partial charge >= 0.3 is 5.97 Å². The molecule has 30 heavy (non-hydrogen) atoms. The lowest BCUT2D eigenvalue weighted by atomic mass is 10.0. The first kappa shape index (κ1) is 23.1. The summed E-state index contributed by atoms with van der Waals surface area (Å²) >= 11 is 0. The molecule has 0 unspecified atom stereocenters. The zero-order chi connectivity index (χ0) is 22.1. The standard InChI is InChI=1S/C20H30N6O4/c21-14(12-13-6-2-1-3-7-13)18(28)26-11-5-9-16(26)17(27)25-15(19(29)30)8-4-10-24-20(22)23/h1-3,6-7,14-16H,4-5,8-12,21H2,(H,25,27)(H,29,30)(H4,22,23,24)/t14-,15+,16-/m1/s1. The van der Waals surface area contributed by atoms with Crippen LogP contribution in [0.1, 0.15) is 31.2 Å². The third-order valence-corrected chi connectivity index (χ3v) is 5.01.